The van der Waals surface area contributed by atoms with E-state index in [-0.39, 0.29) is 11.8 Å². The zero-order valence-electron chi connectivity index (χ0n) is 11.3. The van der Waals surface area contributed by atoms with Gasteiger partial charge in [-0.2, -0.15) is 5.10 Å². The lowest BCUT2D eigenvalue weighted by atomic mass is 10.1. The lowest BCUT2D eigenvalue weighted by Gasteiger charge is -2.08. The molecule has 8 heteroatoms. The molecule has 0 spiro atoms. The van der Waals surface area contributed by atoms with E-state index >= 15 is 0 Å². The van der Waals surface area contributed by atoms with E-state index < -0.39 is 6.04 Å². The number of aromatic nitrogens is 2. The smallest absolute Gasteiger partial charge is 0.248 e. The Hall–Kier alpha value is -2.05. The number of hydrogen-bond donors (Lipinski definition) is 3. The van der Waals surface area contributed by atoms with Crippen LogP contribution in [-0.4, -0.2) is 28.1 Å². The fourth-order valence-electron chi connectivity index (χ4n) is 2.27. The number of nitrogens with zero attached hydrogens (tertiary/aromatic N) is 1. The summed E-state index contributed by atoms with van der Waals surface area (Å²) in [5.74, 6) is -0.0262. The van der Waals surface area contributed by atoms with Gasteiger partial charge in [0, 0.05) is 28.1 Å². The van der Waals surface area contributed by atoms with Crippen molar-refractivity contribution in [2.24, 2.45) is 0 Å². The van der Waals surface area contributed by atoms with Crippen molar-refractivity contribution < 1.29 is 9.59 Å². The van der Waals surface area contributed by atoms with Gasteiger partial charge in [-0.1, -0.05) is 23.2 Å². The summed E-state index contributed by atoms with van der Waals surface area (Å²) >= 11 is 11.9. The van der Waals surface area contributed by atoms with Crippen LogP contribution in [0.4, 0.5) is 5.82 Å². The first-order valence-electron chi connectivity index (χ1n) is 6.63. The Bertz CT molecular complexity index is 724. The van der Waals surface area contributed by atoms with E-state index in [1.807, 2.05) is 0 Å². The molecule has 1 saturated heterocycles. The third kappa shape index (κ3) is 3.23. The summed E-state index contributed by atoms with van der Waals surface area (Å²) in [6.07, 6.45) is 0.858. The van der Waals surface area contributed by atoms with Crippen molar-refractivity contribution in [1.29, 1.82) is 0 Å². The number of nitrogens with one attached hydrogen (secondary N) is 3. The predicted octanol–water partition coefficient (Wildman–Crippen LogP) is 2.60. The molecule has 1 aromatic carbocycles. The molecule has 3 N–H and O–H groups in total. The van der Waals surface area contributed by atoms with Gasteiger partial charge in [-0.25, -0.2) is 0 Å². The average Bonchev–Trinajstić information content (AvgIpc) is 3.06. The number of halogens is 2. The number of benzene rings is 1. The second-order valence-corrected chi connectivity index (χ2v) is 5.85. The highest BCUT2D eigenvalue weighted by atomic mass is 35.5. The SMILES string of the molecule is O=C1CC[C@H](C(=O)Nc2cc(-c3cc(Cl)cc(Cl)c3)[nH]n2)N1. The Balaban J connectivity index is 1.73. The first-order chi connectivity index (χ1) is 10.5. The highest BCUT2D eigenvalue weighted by molar-refractivity contribution is 6.35. The van der Waals surface area contributed by atoms with Crippen LogP contribution in [-0.2, 0) is 9.59 Å². The molecule has 114 valence electrons. The summed E-state index contributed by atoms with van der Waals surface area (Å²) in [5.41, 5.74) is 1.44. The Morgan fingerprint density at radius 1 is 1.23 bits per heavy atom. The Morgan fingerprint density at radius 2 is 1.95 bits per heavy atom. The van der Waals surface area contributed by atoms with Crippen molar-refractivity contribution in [3.05, 3.63) is 34.3 Å². The van der Waals surface area contributed by atoms with Crippen LogP contribution in [0.2, 0.25) is 10.0 Å². The molecule has 1 fully saturated rings. The summed E-state index contributed by atoms with van der Waals surface area (Å²) in [4.78, 5) is 23.1. The van der Waals surface area contributed by atoms with Gasteiger partial charge in [0.05, 0.1) is 5.69 Å². The highest BCUT2D eigenvalue weighted by Crippen LogP contribution is 2.27. The summed E-state index contributed by atoms with van der Waals surface area (Å²) in [5, 5.41) is 13.1. The van der Waals surface area contributed by atoms with Gasteiger partial charge in [0.2, 0.25) is 11.8 Å². The van der Waals surface area contributed by atoms with Crippen molar-refractivity contribution in [2.75, 3.05) is 5.32 Å². The van der Waals surface area contributed by atoms with Crippen molar-refractivity contribution in [2.45, 2.75) is 18.9 Å². The second-order valence-electron chi connectivity index (χ2n) is 4.97. The molecule has 1 aliphatic heterocycles. The van der Waals surface area contributed by atoms with Gasteiger partial charge in [-0.3, -0.25) is 14.7 Å². The molecule has 1 aromatic heterocycles. The average molecular weight is 339 g/mol. The normalized spacial score (nSPS) is 17.4. The topological polar surface area (TPSA) is 86.9 Å². The molecule has 0 bridgehead atoms. The van der Waals surface area contributed by atoms with Crippen molar-refractivity contribution in [3.8, 4) is 11.3 Å². The van der Waals surface area contributed by atoms with Crippen LogP contribution in [0.15, 0.2) is 24.3 Å². The molecular formula is C14H12Cl2N4O2. The van der Waals surface area contributed by atoms with Crippen LogP contribution < -0.4 is 10.6 Å². The zero-order valence-corrected chi connectivity index (χ0v) is 12.8. The molecule has 1 atom stereocenters. The Morgan fingerprint density at radius 3 is 2.59 bits per heavy atom. The Labute approximate surface area is 136 Å². The van der Waals surface area contributed by atoms with E-state index in [1.54, 1.807) is 24.3 Å². The van der Waals surface area contributed by atoms with E-state index in [9.17, 15) is 9.59 Å². The molecular weight excluding hydrogens is 327 g/mol. The van der Waals surface area contributed by atoms with Crippen molar-refractivity contribution in [3.63, 3.8) is 0 Å². The number of rotatable bonds is 3. The van der Waals surface area contributed by atoms with Crippen LogP contribution >= 0.6 is 23.2 Å². The number of hydrogen-bond acceptors (Lipinski definition) is 3. The molecule has 0 unspecified atom stereocenters. The van der Waals surface area contributed by atoms with E-state index in [1.165, 1.54) is 0 Å². The molecule has 0 aliphatic carbocycles. The van der Waals surface area contributed by atoms with Gasteiger partial charge in [-0.15, -0.1) is 0 Å². The molecule has 1 aliphatic rings. The maximum atomic E-state index is 12.0. The molecule has 0 saturated carbocycles. The lowest BCUT2D eigenvalue weighted by molar-refractivity contribution is -0.122. The molecule has 22 heavy (non-hydrogen) atoms. The summed E-state index contributed by atoms with van der Waals surface area (Å²) < 4.78 is 0. The third-order valence-corrected chi connectivity index (χ3v) is 3.75. The van der Waals surface area contributed by atoms with Crippen LogP contribution in [0.1, 0.15) is 12.8 Å². The van der Waals surface area contributed by atoms with Gasteiger partial charge < -0.3 is 10.6 Å². The lowest BCUT2D eigenvalue weighted by Crippen LogP contribution is -2.37. The zero-order chi connectivity index (χ0) is 15.7. The van der Waals surface area contributed by atoms with E-state index in [0.717, 1.165) is 5.56 Å². The van der Waals surface area contributed by atoms with Crippen molar-refractivity contribution >= 4 is 40.8 Å². The number of aromatic amines is 1. The van der Waals surface area contributed by atoms with E-state index in [2.05, 4.69) is 20.8 Å². The molecule has 6 nitrogen and oxygen atoms in total. The fraction of sp³-hybridized carbons (Fsp3) is 0.214. The maximum Gasteiger partial charge on any atom is 0.248 e. The quantitative estimate of drug-likeness (QED) is 0.803. The third-order valence-electron chi connectivity index (χ3n) is 3.31. The van der Waals surface area contributed by atoms with E-state index in [0.29, 0.717) is 34.4 Å². The number of carbonyl (C=O) groups is 2. The van der Waals surface area contributed by atoms with Gasteiger partial charge >= 0.3 is 0 Å². The number of H-pyrrole nitrogens is 1. The molecule has 2 heterocycles. The largest absolute Gasteiger partial charge is 0.344 e. The maximum absolute atomic E-state index is 12.0. The summed E-state index contributed by atoms with van der Waals surface area (Å²) in [7, 11) is 0. The van der Waals surface area contributed by atoms with Gasteiger partial charge in [-0.05, 0) is 24.6 Å². The van der Waals surface area contributed by atoms with Crippen LogP contribution in [0.5, 0.6) is 0 Å². The van der Waals surface area contributed by atoms with Crippen molar-refractivity contribution in [1.82, 2.24) is 15.5 Å². The number of anilines is 1. The Kier molecular flexibility index (Phi) is 4.04. The van der Waals surface area contributed by atoms with Gasteiger partial charge in [0.15, 0.2) is 5.82 Å². The van der Waals surface area contributed by atoms with Gasteiger partial charge in [0.1, 0.15) is 6.04 Å². The minimum atomic E-state index is -0.506. The summed E-state index contributed by atoms with van der Waals surface area (Å²) in [6, 6.07) is 6.28. The van der Waals surface area contributed by atoms with Crippen LogP contribution in [0, 0.1) is 0 Å². The standard InChI is InChI=1S/C14H12Cl2N4O2/c15-8-3-7(4-9(16)5-8)11-6-12(20-19-11)18-14(22)10-1-2-13(21)17-10/h3-6,10H,1-2H2,(H,17,21)(H2,18,19,20,22)/t10-/m1/s1. The molecule has 2 aromatic rings. The first-order valence-corrected chi connectivity index (χ1v) is 7.39. The molecule has 0 radical (unpaired) electrons. The minimum Gasteiger partial charge on any atom is -0.344 e. The number of amides is 2. The predicted molar refractivity (Wildman–Crippen MR) is 83.8 cm³/mol. The number of carbonyl (C=O) groups excluding carboxylic acids is 2. The molecule has 3 rings (SSSR count). The van der Waals surface area contributed by atoms with Crippen LogP contribution in [0.3, 0.4) is 0 Å². The summed E-state index contributed by atoms with van der Waals surface area (Å²) in [6.45, 7) is 0. The van der Waals surface area contributed by atoms with Gasteiger partial charge in [0.25, 0.3) is 0 Å². The van der Waals surface area contributed by atoms with Crippen LogP contribution in [0.25, 0.3) is 11.3 Å². The minimum absolute atomic E-state index is 0.114. The van der Waals surface area contributed by atoms with E-state index in [4.69, 9.17) is 23.2 Å². The first kappa shape index (κ1) is 14.9. The second kappa shape index (κ2) is 5.98. The molecule has 2 amide bonds. The fourth-order valence-corrected chi connectivity index (χ4v) is 2.79. The monoisotopic (exact) mass is 338 g/mol. The highest BCUT2D eigenvalue weighted by Gasteiger charge is 2.27.